The number of fused-ring (bicyclic) bond motifs is 1. The second kappa shape index (κ2) is 4.19. The molecule has 1 atom stereocenters. The summed E-state index contributed by atoms with van der Waals surface area (Å²) in [4.78, 5) is 0. The largest absolute Gasteiger partial charge is 0.459 e. The zero-order chi connectivity index (χ0) is 11.8. The van der Waals surface area contributed by atoms with Crippen molar-refractivity contribution in [1.29, 1.82) is 0 Å². The molecule has 1 saturated carbocycles. The van der Waals surface area contributed by atoms with Gasteiger partial charge in [0.25, 0.3) is 0 Å². The second-order valence-electron chi connectivity index (χ2n) is 5.15. The molecule has 2 nitrogen and oxygen atoms in total. The molecule has 1 N–H and O–H groups in total. The molecule has 1 unspecified atom stereocenters. The van der Waals surface area contributed by atoms with Gasteiger partial charge in [0.2, 0.25) is 0 Å². The monoisotopic (exact) mass is 229 g/mol. The summed E-state index contributed by atoms with van der Waals surface area (Å²) in [7, 11) is 2.03. The van der Waals surface area contributed by atoms with Gasteiger partial charge in [-0.3, -0.25) is 0 Å². The standard InChI is InChI=1S/C15H19NO/c1-10-6-7-13-12(8-10)9-14(17-13)15(16-2)11-4-3-5-11/h6-9,11,15-16H,3-5H2,1-2H3. The summed E-state index contributed by atoms with van der Waals surface area (Å²) in [6.07, 6.45) is 4.01. The van der Waals surface area contributed by atoms with Crippen LogP contribution in [0.1, 0.15) is 36.6 Å². The molecule has 0 saturated heterocycles. The highest BCUT2D eigenvalue weighted by atomic mass is 16.3. The molecule has 0 bridgehead atoms. The van der Waals surface area contributed by atoms with Crippen LogP contribution in [-0.4, -0.2) is 7.05 Å². The number of nitrogens with one attached hydrogen (secondary N) is 1. The maximum absolute atomic E-state index is 5.97. The Labute approximate surface area is 102 Å². The molecule has 1 aromatic heterocycles. The predicted molar refractivity (Wildman–Crippen MR) is 70.1 cm³/mol. The minimum atomic E-state index is 0.386. The van der Waals surface area contributed by atoms with E-state index < -0.39 is 0 Å². The van der Waals surface area contributed by atoms with Gasteiger partial charge in [-0.2, -0.15) is 0 Å². The minimum Gasteiger partial charge on any atom is -0.459 e. The van der Waals surface area contributed by atoms with E-state index in [2.05, 4.69) is 36.5 Å². The first-order valence-electron chi connectivity index (χ1n) is 6.45. The van der Waals surface area contributed by atoms with Gasteiger partial charge in [0.15, 0.2) is 0 Å². The van der Waals surface area contributed by atoms with Crippen molar-refractivity contribution in [2.75, 3.05) is 7.05 Å². The fraction of sp³-hybridized carbons (Fsp3) is 0.467. The Balaban J connectivity index is 1.98. The van der Waals surface area contributed by atoms with Gasteiger partial charge in [0, 0.05) is 5.39 Å². The maximum Gasteiger partial charge on any atom is 0.134 e. The molecule has 90 valence electrons. The zero-order valence-electron chi connectivity index (χ0n) is 10.5. The molecule has 0 amide bonds. The summed E-state index contributed by atoms with van der Waals surface area (Å²) in [6, 6.07) is 8.95. The van der Waals surface area contributed by atoms with E-state index in [1.807, 2.05) is 7.05 Å². The van der Waals surface area contributed by atoms with Crippen molar-refractivity contribution in [3.63, 3.8) is 0 Å². The first-order chi connectivity index (χ1) is 8.28. The summed E-state index contributed by atoms with van der Waals surface area (Å²) in [6.45, 7) is 2.12. The van der Waals surface area contributed by atoms with Crippen LogP contribution in [0.3, 0.4) is 0 Å². The maximum atomic E-state index is 5.97. The van der Waals surface area contributed by atoms with Crippen molar-refractivity contribution in [2.24, 2.45) is 5.92 Å². The Morgan fingerprint density at radius 2 is 2.12 bits per heavy atom. The fourth-order valence-electron chi connectivity index (χ4n) is 2.72. The normalized spacial score (nSPS) is 18.2. The van der Waals surface area contributed by atoms with Crippen molar-refractivity contribution >= 4 is 11.0 Å². The van der Waals surface area contributed by atoms with Gasteiger partial charge in [-0.05, 0) is 50.9 Å². The van der Waals surface area contributed by atoms with Crippen molar-refractivity contribution in [1.82, 2.24) is 5.32 Å². The molecule has 0 spiro atoms. The summed E-state index contributed by atoms with van der Waals surface area (Å²) < 4.78 is 5.97. The highest BCUT2D eigenvalue weighted by molar-refractivity contribution is 5.78. The number of hydrogen-bond donors (Lipinski definition) is 1. The first kappa shape index (κ1) is 10.8. The molecule has 1 heterocycles. The molecule has 3 rings (SSSR count). The summed E-state index contributed by atoms with van der Waals surface area (Å²) in [5.74, 6) is 1.85. The van der Waals surface area contributed by atoms with E-state index in [1.54, 1.807) is 0 Å². The van der Waals surface area contributed by atoms with E-state index in [4.69, 9.17) is 4.42 Å². The minimum absolute atomic E-state index is 0.386. The number of rotatable bonds is 3. The van der Waals surface area contributed by atoms with Crippen LogP contribution in [0.25, 0.3) is 11.0 Å². The van der Waals surface area contributed by atoms with Crippen molar-refractivity contribution in [2.45, 2.75) is 32.2 Å². The summed E-state index contributed by atoms with van der Waals surface area (Å²) in [5, 5.41) is 4.62. The predicted octanol–water partition coefficient (Wildman–Crippen LogP) is 3.80. The molecule has 1 aliphatic carbocycles. The van der Waals surface area contributed by atoms with Crippen molar-refractivity contribution < 1.29 is 4.42 Å². The lowest BCUT2D eigenvalue weighted by Gasteiger charge is -2.32. The lowest BCUT2D eigenvalue weighted by atomic mass is 9.79. The average molecular weight is 229 g/mol. The molecule has 2 heteroatoms. The number of benzene rings is 1. The molecular formula is C15H19NO. The van der Waals surface area contributed by atoms with Gasteiger partial charge in [-0.15, -0.1) is 0 Å². The lowest BCUT2D eigenvalue weighted by molar-refractivity contribution is 0.218. The third-order valence-corrected chi connectivity index (χ3v) is 3.93. The third kappa shape index (κ3) is 1.87. The van der Waals surface area contributed by atoms with Crippen LogP contribution in [0.4, 0.5) is 0 Å². The third-order valence-electron chi connectivity index (χ3n) is 3.93. The zero-order valence-corrected chi connectivity index (χ0v) is 10.5. The number of aryl methyl sites for hydroxylation is 1. The van der Waals surface area contributed by atoms with E-state index in [1.165, 1.54) is 30.2 Å². The molecule has 1 aliphatic rings. The van der Waals surface area contributed by atoms with Gasteiger partial charge < -0.3 is 9.73 Å². The van der Waals surface area contributed by atoms with E-state index in [9.17, 15) is 0 Å². The van der Waals surface area contributed by atoms with Crippen LogP contribution < -0.4 is 5.32 Å². The molecular weight excluding hydrogens is 210 g/mol. The molecule has 17 heavy (non-hydrogen) atoms. The Morgan fingerprint density at radius 1 is 1.29 bits per heavy atom. The van der Waals surface area contributed by atoms with Crippen LogP contribution in [0.5, 0.6) is 0 Å². The summed E-state index contributed by atoms with van der Waals surface area (Å²) in [5.41, 5.74) is 2.29. The highest BCUT2D eigenvalue weighted by Crippen LogP contribution is 2.39. The lowest BCUT2D eigenvalue weighted by Crippen LogP contribution is -2.29. The van der Waals surface area contributed by atoms with E-state index in [0.29, 0.717) is 6.04 Å². The fourth-order valence-corrected chi connectivity index (χ4v) is 2.72. The second-order valence-corrected chi connectivity index (χ2v) is 5.15. The summed E-state index contributed by atoms with van der Waals surface area (Å²) >= 11 is 0. The van der Waals surface area contributed by atoms with Crippen LogP contribution in [-0.2, 0) is 0 Å². The Hall–Kier alpha value is -1.28. The Kier molecular flexibility index (Phi) is 2.67. The number of hydrogen-bond acceptors (Lipinski definition) is 2. The van der Waals surface area contributed by atoms with E-state index >= 15 is 0 Å². The van der Waals surface area contributed by atoms with Crippen LogP contribution >= 0.6 is 0 Å². The molecule has 1 aromatic carbocycles. The van der Waals surface area contributed by atoms with E-state index in [0.717, 1.165) is 17.3 Å². The van der Waals surface area contributed by atoms with Crippen molar-refractivity contribution in [3.05, 3.63) is 35.6 Å². The quantitative estimate of drug-likeness (QED) is 0.866. The van der Waals surface area contributed by atoms with Gasteiger partial charge in [0.1, 0.15) is 11.3 Å². The highest BCUT2D eigenvalue weighted by Gasteiger charge is 2.29. The van der Waals surface area contributed by atoms with Gasteiger partial charge in [0.05, 0.1) is 6.04 Å². The van der Waals surface area contributed by atoms with Crippen LogP contribution in [0.2, 0.25) is 0 Å². The molecule has 0 aliphatic heterocycles. The SMILES string of the molecule is CNC(c1cc2cc(C)ccc2o1)C1CCC1. The van der Waals surface area contributed by atoms with Gasteiger partial charge >= 0.3 is 0 Å². The van der Waals surface area contributed by atoms with E-state index in [-0.39, 0.29) is 0 Å². The average Bonchev–Trinajstić information content (AvgIpc) is 2.65. The van der Waals surface area contributed by atoms with Gasteiger partial charge in [-0.25, -0.2) is 0 Å². The molecule has 2 aromatic rings. The molecule has 0 radical (unpaired) electrons. The van der Waals surface area contributed by atoms with Gasteiger partial charge in [-0.1, -0.05) is 18.1 Å². The smallest absolute Gasteiger partial charge is 0.134 e. The van der Waals surface area contributed by atoms with Crippen molar-refractivity contribution in [3.8, 4) is 0 Å². The number of furan rings is 1. The van der Waals surface area contributed by atoms with Crippen LogP contribution in [0, 0.1) is 12.8 Å². The Bertz CT molecular complexity index is 525. The first-order valence-corrected chi connectivity index (χ1v) is 6.45. The van der Waals surface area contributed by atoms with Crippen LogP contribution in [0.15, 0.2) is 28.7 Å². The Morgan fingerprint density at radius 3 is 2.76 bits per heavy atom. The molecule has 1 fully saturated rings. The topological polar surface area (TPSA) is 25.2 Å².